The fourth-order valence-corrected chi connectivity index (χ4v) is 5.75. The van der Waals surface area contributed by atoms with E-state index in [1.54, 1.807) is 6.92 Å². The smallest absolute Gasteiger partial charge is 0.306 e. The van der Waals surface area contributed by atoms with Gasteiger partial charge >= 0.3 is 11.9 Å². The minimum atomic E-state index is -0.796. The molecular weight excluding hydrogens is 554 g/mol. The van der Waals surface area contributed by atoms with Crippen molar-refractivity contribution in [3.05, 3.63) is 58.2 Å². The highest BCUT2D eigenvalue weighted by Gasteiger charge is 2.40. The van der Waals surface area contributed by atoms with Gasteiger partial charge in [0.05, 0.1) is 18.3 Å². The summed E-state index contributed by atoms with van der Waals surface area (Å²) in [5.74, 6) is -0.773. The molecule has 0 aliphatic heterocycles. The Morgan fingerprint density at radius 1 is 0.953 bits per heavy atom. The monoisotopic (exact) mass is 605 g/mol. The Balaban J connectivity index is 1.91. The molecule has 1 aromatic rings. The van der Waals surface area contributed by atoms with Crippen LogP contribution in [0.15, 0.2) is 42.5 Å². The fraction of sp³-hybridized carbons (Fsp3) is 0.697. The number of nitrogens with zero attached hydrogens (tertiary/aromatic N) is 1. The van der Waals surface area contributed by atoms with Crippen molar-refractivity contribution >= 4 is 11.9 Å². The first-order valence-electron chi connectivity index (χ1n) is 15.8. The third-order valence-electron chi connectivity index (χ3n) is 8.03. The van der Waals surface area contributed by atoms with E-state index >= 15 is 0 Å². The summed E-state index contributed by atoms with van der Waals surface area (Å²) < 4.78 is 11.0. The van der Waals surface area contributed by atoms with Gasteiger partial charge in [-0.1, -0.05) is 49.4 Å². The Bertz CT molecular complexity index is 984. The molecule has 43 heavy (non-hydrogen) atoms. The van der Waals surface area contributed by atoms with Crippen LogP contribution in [0.3, 0.4) is 0 Å². The number of allylic oxidation sites excluding steroid dienone is 2. The summed E-state index contributed by atoms with van der Waals surface area (Å²) in [5, 5.41) is 31.3. The lowest BCUT2D eigenvalue weighted by Crippen LogP contribution is -2.26. The second-order valence-corrected chi connectivity index (χ2v) is 11.8. The Kier molecular flexibility index (Phi) is 16.9. The molecule has 1 fully saturated rings. The van der Waals surface area contributed by atoms with Crippen LogP contribution in [0, 0.1) is 22.0 Å². The molecule has 0 saturated heterocycles. The Morgan fingerprint density at radius 3 is 2.30 bits per heavy atom. The van der Waals surface area contributed by atoms with E-state index in [0.717, 1.165) is 18.4 Å². The van der Waals surface area contributed by atoms with Crippen LogP contribution < -0.4 is 0 Å². The topological polar surface area (TPSA) is 145 Å². The highest BCUT2D eigenvalue weighted by atomic mass is 17.0. The van der Waals surface area contributed by atoms with E-state index in [-0.39, 0.29) is 42.4 Å². The molecule has 6 atom stereocenters. The third-order valence-corrected chi connectivity index (χ3v) is 8.03. The Hall–Kier alpha value is -2.98. The SMILES string of the molecule is CCC(CCCC(=O)O[C@@H](CCc1ccccc1)CC[C@@H]1[C@@H](C/C=C\CCCC(=O)OC(C)C)[C@@H](O)C[C@H]1O)O[N+](=O)[O-]. The van der Waals surface area contributed by atoms with Gasteiger partial charge in [0.2, 0.25) is 0 Å². The Labute approximate surface area is 255 Å². The molecule has 1 unspecified atom stereocenters. The van der Waals surface area contributed by atoms with E-state index in [1.165, 1.54) is 0 Å². The molecule has 1 aromatic carbocycles. The first-order chi connectivity index (χ1) is 20.6. The molecule has 2 rings (SSSR count). The van der Waals surface area contributed by atoms with Gasteiger partial charge in [-0.25, -0.2) is 0 Å². The fourth-order valence-electron chi connectivity index (χ4n) is 5.75. The van der Waals surface area contributed by atoms with Crippen molar-refractivity contribution < 1.29 is 39.2 Å². The number of aliphatic hydroxyl groups is 2. The number of rotatable bonds is 21. The lowest BCUT2D eigenvalue weighted by Gasteiger charge is -2.25. The van der Waals surface area contributed by atoms with Crippen molar-refractivity contribution in [1.29, 1.82) is 0 Å². The van der Waals surface area contributed by atoms with Crippen LogP contribution in [0.1, 0.15) is 103 Å². The van der Waals surface area contributed by atoms with Gasteiger partial charge in [0.1, 0.15) is 12.2 Å². The number of aryl methyl sites for hydroxylation is 1. The van der Waals surface area contributed by atoms with Crippen LogP contribution in [-0.4, -0.2) is 57.8 Å². The average molecular weight is 606 g/mol. The molecule has 0 heterocycles. The number of unbranched alkanes of at least 4 members (excludes halogenated alkanes) is 1. The largest absolute Gasteiger partial charge is 0.463 e. The Morgan fingerprint density at radius 2 is 1.63 bits per heavy atom. The number of aliphatic hydroxyl groups excluding tert-OH is 2. The maximum Gasteiger partial charge on any atom is 0.306 e. The van der Waals surface area contributed by atoms with Crippen LogP contribution >= 0.6 is 0 Å². The highest BCUT2D eigenvalue weighted by molar-refractivity contribution is 5.69. The summed E-state index contributed by atoms with van der Waals surface area (Å²) in [4.78, 5) is 39.7. The van der Waals surface area contributed by atoms with Crippen LogP contribution in [0.5, 0.6) is 0 Å². The van der Waals surface area contributed by atoms with Crippen LogP contribution in [0.25, 0.3) is 0 Å². The number of hydrogen-bond donors (Lipinski definition) is 2. The van der Waals surface area contributed by atoms with Gasteiger partial charge in [0, 0.05) is 12.8 Å². The van der Waals surface area contributed by atoms with Gasteiger partial charge in [0.15, 0.2) is 0 Å². The van der Waals surface area contributed by atoms with Crippen molar-refractivity contribution in [3.8, 4) is 0 Å². The number of hydrogen-bond acceptors (Lipinski definition) is 9. The summed E-state index contributed by atoms with van der Waals surface area (Å²) in [6.07, 6.45) is 8.52. The van der Waals surface area contributed by atoms with Crippen LogP contribution in [0.2, 0.25) is 0 Å². The minimum absolute atomic E-state index is 0.102. The first kappa shape index (κ1) is 36.2. The maximum atomic E-state index is 12.7. The normalized spacial score (nSPS) is 21.5. The van der Waals surface area contributed by atoms with Crippen LogP contribution in [0.4, 0.5) is 0 Å². The number of carbonyl (C=O) groups excluding carboxylic acids is 2. The molecule has 0 amide bonds. The highest BCUT2D eigenvalue weighted by Crippen LogP contribution is 2.39. The molecule has 2 N–H and O–H groups in total. The minimum Gasteiger partial charge on any atom is -0.463 e. The maximum absolute atomic E-state index is 12.7. The second-order valence-electron chi connectivity index (χ2n) is 11.8. The van der Waals surface area contributed by atoms with Crippen molar-refractivity contribution in [2.24, 2.45) is 11.8 Å². The number of carbonyl (C=O) groups is 2. The van der Waals surface area contributed by atoms with Crippen molar-refractivity contribution in [3.63, 3.8) is 0 Å². The zero-order chi connectivity index (χ0) is 31.6. The van der Waals surface area contributed by atoms with E-state index in [2.05, 4.69) is 4.84 Å². The summed E-state index contributed by atoms with van der Waals surface area (Å²) >= 11 is 0. The lowest BCUT2D eigenvalue weighted by molar-refractivity contribution is -0.768. The first-order valence-corrected chi connectivity index (χ1v) is 15.8. The van der Waals surface area contributed by atoms with Crippen molar-refractivity contribution in [2.75, 3.05) is 0 Å². The van der Waals surface area contributed by atoms with Gasteiger partial charge in [-0.2, -0.15) is 0 Å². The zero-order valence-electron chi connectivity index (χ0n) is 26.0. The van der Waals surface area contributed by atoms with Gasteiger partial charge in [-0.05, 0) is 102 Å². The van der Waals surface area contributed by atoms with E-state index in [9.17, 15) is 29.9 Å². The predicted molar refractivity (Wildman–Crippen MR) is 162 cm³/mol. The standard InChI is InChI=1S/C33H51NO9/c1-4-26(43-34(39)40)15-12-18-33(38)42-27(20-19-25-13-8-7-9-14-25)21-22-29-28(30(35)23-31(29)36)16-10-5-6-11-17-32(37)41-24(2)3/h5,7-10,13-14,24,26-31,35-36H,4,6,11-12,15-23H2,1-3H3/b10-5-/t26?,27-,28+,29+,30-,31+/m0/s1. The average Bonchev–Trinajstić information content (AvgIpc) is 3.22. The quantitative estimate of drug-likeness (QED) is 0.0575. The molecule has 1 aliphatic carbocycles. The molecule has 0 aromatic heterocycles. The van der Waals surface area contributed by atoms with Gasteiger partial charge in [0.25, 0.3) is 5.09 Å². The number of benzene rings is 1. The van der Waals surface area contributed by atoms with E-state index < -0.39 is 23.4 Å². The summed E-state index contributed by atoms with van der Waals surface area (Å²) in [6, 6.07) is 9.96. The summed E-state index contributed by atoms with van der Waals surface area (Å²) in [6.45, 7) is 5.46. The van der Waals surface area contributed by atoms with E-state index in [1.807, 2.05) is 56.3 Å². The van der Waals surface area contributed by atoms with Crippen molar-refractivity contribution in [1.82, 2.24) is 0 Å². The molecule has 1 saturated carbocycles. The molecule has 1 aliphatic rings. The zero-order valence-corrected chi connectivity index (χ0v) is 26.0. The van der Waals surface area contributed by atoms with Gasteiger partial charge < -0.3 is 24.5 Å². The molecule has 10 nitrogen and oxygen atoms in total. The van der Waals surface area contributed by atoms with E-state index in [4.69, 9.17) is 9.47 Å². The molecule has 10 heteroatoms. The van der Waals surface area contributed by atoms with Crippen molar-refractivity contribution in [2.45, 2.75) is 135 Å². The predicted octanol–water partition coefficient (Wildman–Crippen LogP) is 5.89. The van der Waals surface area contributed by atoms with Gasteiger partial charge in [-0.15, -0.1) is 10.1 Å². The molecule has 0 bridgehead atoms. The second kappa shape index (κ2) is 20.1. The molecule has 0 radical (unpaired) electrons. The number of ether oxygens (including phenoxy) is 2. The summed E-state index contributed by atoms with van der Waals surface area (Å²) in [5.41, 5.74) is 1.14. The lowest BCUT2D eigenvalue weighted by atomic mass is 9.85. The summed E-state index contributed by atoms with van der Waals surface area (Å²) in [7, 11) is 0. The molecule has 0 spiro atoms. The van der Waals surface area contributed by atoms with E-state index in [0.29, 0.717) is 64.2 Å². The molecular formula is C33H51NO9. The van der Waals surface area contributed by atoms with Gasteiger partial charge in [-0.3, -0.25) is 9.59 Å². The number of esters is 2. The third kappa shape index (κ3) is 14.8. The molecule has 242 valence electrons. The van der Waals surface area contributed by atoms with Crippen LogP contribution in [-0.2, 0) is 30.3 Å².